The summed E-state index contributed by atoms with van der Waals surface area (Å²) in [6.45, 7) is 1.88. The van der Waals surface area contributed by atoms with Gasteiger partial charge in [-0.15, -0.1) is 0 Å². The van der Waals surface area contributed by atoms with Crippen LogP contribution in [0, 0.1) is 6.92 Å². The maximum Gasteiger partial charge on any atom is 0.325 e. The highest BCUT2D eigenvalue weighted by Crippen LogP contribution is 2.14. The van der Waals surface area contributed by atoms with Crippen molar-refractivity contribution in [2.75, 3.05) is 37.9 Å². The van der Waals surface area contributed by atoms with Gasteiger partial charge in [0, 0.05) is 11.4 Å². The lowest BCUT2D eigenvalue weighted by molar-refractivity contribution is -0.121. The van der Waals surface area contributed by atoms with Crippen LogP contribution in [0.1, 0.15) is 5.56 Å². The van der Waals surface area contributed by atoms with Gasteiger partial charge in [-0.25, -0.2) is 4.79 Å². The van der Waals surface area contributed by atoms with E-state index >= 15 is 0 Å². The average Bonchev–Trinajstić information content (AvgIpc) is 2.63. The van der Waals surface area contributed by atoms with Gasteiger partial charge < -0.3 is 15.4 Å². The number of carbonyl (C=O) groups is 3. The smallest absolute Gasteiger partial charge is 0.325 e. The Morgan fingerprint density at radius 3 is 2.00 bits per heavy atom. The molecule has 0 bridgehead atoms. The van der Waals surface area contributed by atoms with Crippen molar-refractivity contribution in [1.29, 1.82) is 0 Å². The van der Waals surface area contributed by atoms with Crippen LogP contribution in [0.5, 0.6) is 5.75 Å². The van der Waals surface area contributed by atoms with Crippen LogP contribution in [0.15, 0.2) is 48.5 Å². The zero-order valence-electron chi connectivity index (χ0n) is 16.1. The Labute approximate surface area is 163 Å². The fraction of sp³-hybridized carbons (Fsp3) is 0.250. The van der Waals surface area contributed by atoms with Gasteiger partial charge in [-0.05, 0) is 50.4 Å². The number of carbonyl (C=O) groups excluding carboxylic acids is 3. The number of urea groups is 1. The van der Waals surface area contributed by atoms with Gasteiger partial charge in [0.2, 0.25) is 11.8 Å². The highest BCUT2D eigenvalue weighted by molar-refractivity contribution is 6.02. The van der Waals surface area contributed by atoms with E-state index in [-0.39, 0.29) is 19.0 Å². The maximum absolute atomic E-state index is 12.0. The summed E-state index contributed by atoms with van der Waals surface area (Å²) in [5, 5.41) is 7.53. The van der Waals surface area contributed by atoms with E-state index < -0.39 is 11.9 Å². The molecule has 0 aliphatic carbocycles. The van der Waals surface area contributed by atoms with Crippen molar-refractivity contribution in [3.8, 4) is 5.75 Å². The molecular weight excluding hydrogens is 360 g/mol. The normalized spacial score (nSPS) is 10.3. The van der Waals surface area contributed by atoms with Gasteiger partial charge >= 0.3 is 6.03 Å². The number of amides is 4. The molecule has 0 saturated carbocycles. The van der Waals surface area contributed by atoms with Crippen LogP contribution in [0.3, 0.4) is 0 Å². The van der Waals surface area contributed by atoms with Crippen molar-refractivity contribution in [2.45, 2.75) is 6.92 Å². The summed E-state index contributed by atoms with van der Waals surface area (Å²) in [6.07, 6.45) is 0. The molecular formula is C20H24N4O4. The lowest BCUT2D eigenvalue weighted by Gasteiger charge is -2.16. The molecule has 2 aromatic rings. The number of imide groups is 1. The Bertz CT molecular complexity index is 819. The number of likely N-dealkylation sites (N-methyl/N-ethyl adjacent to an activating group) is 1. The summed E-state index contributed by atoms with van der Waals surface area (Å²) in [4.78, 5) is 37.4. The SMILES string of the molecule is COc1ccc(NC(=O)NC(=O)CN(C)CC(=O)Nc2ccc(C)cc2)cc1. The van der Waals surface area contributed by atoms with Crippen molar-refractivity contribution < 1.29 is 19.1 Å². The molecule has 4 amide bonds. The maximum atomic E-state index is 12.0. The molecule has 2 aromatic carbocycles. The van der Waals surface area contributed by atoms with Gasteiger partial charge in [0.05, 0.1) is 20.2 Å². The van der Waals surface area contributed by atoms with Crippen molar-refractivity contribution in [3.63, 3.8) is 0 Å². The second-order valence-corrected chi connectivity index (χ2v) is 6.32. The number of ether oxygens (including phenoxy) is 1. The monoisotopic (exact) mass is 384 g/mol. The highest BCUT2D eigenvalue weighted by Gasteiger charge is 2.13. The van der Waals surface area contributed by atoms with Crippen LogP contribution in [0.2, 0.25) is 0 Å². The first-order valence-corrected chi connectivity index (χ1v) is 8.65. The van der Waals surface area contributed by atoms with Gasteiger partial charge in [0.25, 0.3) is 0 Å². The number of hydrogen-bond donors (Lipinski definition) is 3. The molecule has 0 fully saturated rings. The van der Waals surface area contributed by atoms with Crippen LogP contribution in [-0.2, 0) is 9.59 Å². The van der Waals surface area contributed by atoms with Crippen molar-refractivity contribution in [1.82, 2.24) is 10.2 Å². The third-order valence-electron chi connectivity index (χ3n) is 3.76. The molecule has 0 spiro atoms. The molecule has 8 nitrogen and oxygen atoms in total. The highest BCUT2D eigenvalue weighted by atomic mass is 16.5. The fourth-order valence-electron chi connectivity index (χ4n) is 2.39. The molecule has 0 unspecified atom stereocenters. The van der Waals surface area contributed by atoms with Crippen LogP contribution < -0.4 is 20.7 Å². The van der Waals surface area contributed by atoms with Crippen molar-refractivity contribution >= 4 is 29.2 Å². The number of rotatable bonds is 7. The van der Waals surface area contributed by atoms with E-state index in [4.69, 9.17) is 4.74 Å². The predicted octanol–water partition coefficient (Wildman–Crippen LogP) is 2.22. The largest absolute Gasteiger partial charge is 0.497 e. The number of anilines is 2. The molecule has 3 N–H and O–H groups in total. The summed E-state index contributed by atoms with van der Waals surface area (Å²) in [5.41, 5.74) is 2.31. The number of aryl methyl sites for hydroxylation is 1. The molecule has 0 aliphatic heterocycles. The number of nitrogens with one attached hydrogen (secondary N) is 3. The molecule has 0 aliphatic rings. The van der Waals surface area contributed by atoms with Gasteiger partial charge in [-0.1, -0.05) is 17.7 Å². The second kappa shape index (κ2) is 10.1. The Kier molecular flexibility index (Phi) is 7.53. The van der Waals surface area contributed by atoms with E-state index in [9.17, 15) is 14.4 Å². The second-order valence-electron chi connectivity index (χ2n) is 6.32. The first-order chi connectivity index (χ1) is 13.4. The summed E-state index contributed by atoms with van der Waals surface area (Å²) >= 11 is 0. The molecule has 0 radical (unpaired) electrons. The standard InChI is InChI=1S/C20H24N4O4/c1-14-4-6-15(7-5-14)21-18(25)12-24(2)13-19(26)23-20(27)22-16-8-10-17(28-3)11-9-16/h4-11H,12-13H2,1-3H3,(H,21,25)(H2,22,23,26,27). The minimum absolute atomic E-state index is 0.0153. The third kappa shape index (κ3) is 7.08. The summed E-state index contributed by atoms with van der Waals surface area (Å²) in [5.74, 6) is -0.106. The van der Waals surface area contributed by atoms with Gasteiger partial charge in [0.1, 0.15) is 5.75 Å². The molecule has 0 saturated heterocycles. The van der Waals surface area contributed by atoms with Crippen molar-refractivity contribution in [3.05, 3.63) is 54.1 Å². The van der Waals surface area contributed by atoms with E-state index in [1.165, 1.54) is 4.90 Å². The fourth-order valence-corrected chi connectivity index (χ4v) is 2.39. The first-order valence-electron chi connectivity index (χ1n) is 8.65. The quantitative estimate of drug-likeness (QED) is 0.680. The number of benzene rings is 2. The zero-order valence-corrected chi connectivity index (χ0v) is 16.1. The predicted molar refractivity (Wildman–Crippen MR) is 107 cm³/mol. The zero-order chi connectivity index (χ0) is 20.5. The summed E-state index contributed by atoms with van der Waals surface area (Å²) in [7, 11) is 3.17. The Morgan fingerprint density at radius 1 is 0.857 bits per heavy atom. The summed E-state index contributed by atoms with van der Waals surface area (Å²) in [6, 6.07) is 13.5. The molecule has 28 heavy (non-hydrogen) atoms. The molecule has 8 heteroatoms. The topological polar surface area (TPSA) is 99.8 Å². The molecule has 0 atom stereocenters. The van der Waals surface area contributed by atoms with Gasteiger partial charge in [-0.3, -0.25) is 19.8 Å². The summed E-state index contributed by atoms with van der Waals surface area (Å²) < 4.78 is 5.04. The number of methoxy groups -OCH3 is 1. The van der Waals surface area contributed by atoms with E-state index in [0.29, 0.717) is 17.1 Å². The van der Waals surface area contributed by atoms with Crippen LogP contribution >= 0.6 is 0 Å². The molecule has 0 aromatic heterocycles. The van der Waals surface area contributed by atoms with E-state index in [2.05, 4.69) is 16.0 Å². The van der Waals surface area contributed by atoms with E-state index in [0.717, 1.165) is 5.56 Å². The first kappa shape index (κ1) is 20.9. The molecule has 0 heterocycles. The Balaban J connectivity index is 1.73. The number of nitrogens with zero attached hydrogens (tertiary/aromatic N) is 1. The van der Waals surface area contributed by atoms with E-state index in [1.54, 1.807) is 38.4 Å². The minimum Gasteiger partial charge on any atom is -0.497 e. The third-order valence-corrected chi connectivity index (χ3v) is 3.76. The number of hydrogen-bond acceptors (Lipinski definition) is 5. The average molecular weight is 384 g/mol. The molecule has 2 rings (SSSR count). The van der Waals surface area contributed by atoms with E-state index in [1.807, 2.05) is 31.2 Å². The van der Waals surface area contributed by atoms with Crippen LogP contribution in [0.4, 0.5) is 16.2 Å². The van der Waals surface area contributed by atoms with Gasteiger partial charge in [0.15, 0.2) is 0 Å². The van der Waals surface area contributed by atoms with Crippen molar-refractivity contribution in [2.24, 2.45) is 0 Å². The lowest BCUT2D eigenvalue weighted by atomic mass is 10.2. The Morgan fingerprint density at radius 2 is 1.39 bits per heavy atom. The Hall–Kier alpha value is -3.39. The molecule has 148 valence electrons. The van der Waals surface area contributed by atoms with Gasteiger partial charge in [-0.2, -0.15) is 0 Å². The lowest BCUT2D eigenvalue weighted by Crippen LogP contribution is -2.42. The van der Waals surface area contributed by atoms with Crippen LogP contribution in [0.25, 0.3) is 0 Å². The van der Waals surface area contributed by atoms with Crippen LogP contribution in [-0.4, -0.2) is 50.0 Å². The minimum atomic E-state index is -0.646.